The van der Waals surface area contributed by atoms with Crippen molar-refractivity contribution in [1.29, 1.82) is 0 Å². The molecule has 0 aromatic rings. The van der Waals surface area contributed by atoms with Crippen LogP contribution in [0.5, 0.6) is 0 Å². The minimum Gasteiger partial charge on any atom is -0.382 e. The van der Waals surface area contributed by atoms with Crippen LogP contribution in [0.15, 0.2) is 0 Å². The van der Waals surface area contributed by atoms with Gasteiger partial charge in [0.1, 0.15) is 0 Å². The van der Waals surface area contributed by atoms with Crippen LogP contribution in [0.2, 0.25) is 0 Å². The lowest BCUT2D eigenvalue weighted by Crippen LogP contribution is -2.50. The summed E-state index contributed by atoms with van der Waals surface area (Å²) in [7, 11) is 1.68. The third-order valence-electron chi connectivity index (χ3n) is 2.65. The lowest BCUT2D eigenvalue weighted by Gasteiger charge is -2.36. The monoisotopic (exact) mass is 232 g/mol. The molecular formula is C11H24N2O3. The molecule has 2 N–H and O–H groups in total. The van der Waals surface area contributed by atoms with Crippen LogP contribution in [0, 0.1) is 0 Å². The average molecular weight is 232 g/mol. The largest absolute Gasteiger partial charge is 0.382 e. The van der Waals surface area contributed by atoms with Crippen LogP contribution in [0.3, 0.4) is 0 Å². The van der Waals surface area contributed by atoms with Gasteiger partial charge in [0.15, 0.2) is 0 Å². The topological polar surface area (TPSA) is 57.0 Å². The molecule has 0 aromatic heterocycles. The molecule has 0 bridgehead atoms. The van der Waals surface area contributed by atoms with Crippen molar-refractivity contribution in [3.05, 3.63) is 0 Å². The molecule has 0 saturated carbocycles. The summed E-state index contributed by atoms with van der Waals surface area (Å²) in [6, 6.07) is 0. The van der Waals surface area contributed by atoms with Crippen LogP contribution in [0.25, 0.3) is 0 Å². The average Bonchev–Trinajstić information content (AvgIpc) is 2.28. The summed E-state index contributed by atoms with van der Waals surface area (Å²) >= 11 is 0. The molecule has 1 aliphatic rings. The molecule has 0 radical (unpaired) electrons. The molecule has 1 rings (SSSR count). The van der Waals surface area contributed by atoms with Gasteiger partial charge in [-0.1, -0.05) is 0 Å². The summed E-state index contributed by atoms with van der Waals surface area (Å²) in [5.41, 5.74) is 5.62. The fraction of sp³-hybridized carbons (Fsp3) is 1.00. The van der Waals surface area contributed by atoms with Crippen molar-refractivity contribution >= 4 is 0 Å². The van der Waals surface area contributed by atoms with Gasteiger partial charge in [0.2, 0.25) is 0 Å². The fourth-order valence-electron chi connectivity index (χ4n) is 1.89. The molecule has 5 nitrogen and oxygen atoms in total. The van der Waals surface area contributed by atoms with Crippen LogP contribution in [0.4, 0.5) is 0 Å². The molecule has 0 aromatic carbocycles. The SMILES string of the molecule is COCCOCCN1CC(C)OC(CN)C1. The predicted molar refractivity (Wildman–Crippen MR) is 62.5 cm³/mol. The molecule has 0 spiro atoms. The number of nitrogens with zero attached hydrogens (tertiary/aromatic N) is 1. The van der Waals surface area contributed by atoms with Crippen LogP contribution in [-0.4, -0.2) is 70.2 Å². The van der Waals surface area contributed by atoms with Gasteiger partial charge in [0.05, 0.1) is 32.0 Å². The van der Waals surface area contributed by atoms with Gasteiger partial charge in [-0.25, -0.2) is 0 Å². The van der Waals surface area contributed by atoms with Gasteiger partial charge in [-0.3, -0.25) is 4.90 Å². The van der Waals surface area contributed by atoms with E-state index in [1.54, 1.807) is 7.11 Å². The van der Waals surface area contributed by atoms with Gasteiger partial charge >= 0.3 is 0 Å². The first-order valence-corrected chi connectivity index (χ1v) is 5.90. The molecule has 2 atom stereocenters. The van der Waals surface area contributed by atoms with E-state index in [1.165, 1.54) is 0 Å². The smallest absolute Gasteiger partial charge is 0.0828 e. The fourth-order valence-corrected chi connectivity index (χ4v) is 1.89. The Bertz CT molecular complexity index is 181. The third-order valence-corrected chi connectivity index (χ3v) is 2.65. The lowest BCUT2D eigenvalue weighted by atomic mass is 10.2. The number of nitrogens with two attached hydrogens (primary N) is 1. The molecule has 0 amide bonds. The highest BCUT2D eigenvalue weighted by Crippen LogP contribution is 2.09. The quantitative estimate of drug-likeness (QED) is 0.611. The summed E-state index contributed by atoms with van der Waals surface area (Å²) in [6.07, 6.45) is 0.434. The Labute approximate surface area is 97.8 Å². The van der Waals surface area contributed by atoms with Gasteiger partial charge in [-0.05, 0) is 6.92 Å². The Hall–Kier alpha value is -0.200. The van der Waals surface area contributed by atoms with Gasteiger partial charge in [-0.2, -0.15) is 0 Å². The highest BCUT2D eigenvalue weighted by atomic mass is 16.5. The number of rotatable bonds is 7. The van der Waals surface area contributed by atoms with Gasteiger partial charge in [0, 0.05) is 33.3 Å². The Morgan fingerprint density at radius 2 is 2.12 bits per heavy atom. The van der Waals surface area contributed by atoms with E-state index in [-0.39, 0.29) is 12.2 Å². The Morgan fingerprint density at radius 1 is 1.31 bits per heavy atom. The zero-order valence-electron chi connectivity index (χ0n) is 10.4. The second kappa shape index (κ2) is 7.97. The van der Waals surface area contributed by atoms with E-state index in [4.69, 9.17) is 19.9 Å². The normalized spacial score (nSPS) is 27.2. The van der Waals surface area contributed by atoms with Gasteiger partial charge in [0.25, 0.3) is 0 Å². The van der Waals surface area contributed by atoms with E-state index >= 15 is 0 Å². The summed E-state index contributed by atoms with van der Waals surface area (Å²) in [4.78, 5) is 2.35. The van der Waals surface area contributed by atoms with E-state index in [0.29, 0.717) is 19.8 Å². The molecule has 0 aliphatic carbocycles. The van der Waals surface area contributed by atoms with Crippen LogP contribution < -0.4 is 5.73 Å². The molecule has 1 aliphatic heterocycles. The third kappa shape index (κ3) is 5.23. The standard InChI is InChI=1S/C11H24N2O3/c1-10-8-13(9-11(7-12)16-10)3-4-15-6-5-14-2/h10-11H,3-9,12H2,1-2H3. The first-order chi connectivity index (χ1) is 7.76. The van der Waals surface area contributed by atoms with E-state index in [2.05, 4.69) is 11.8 Å². The molecule has 96 valence electrons. The maximum absolute atomic E-state index is 5.68. The number of methoxy groups -OCH3 is 1. The number of hydrogen-bond donors (Lipinski definition) is 1. The zero-order valence-corrected chi connectivity index (χ0v) is 10.4. The Balaban J connectivity index is 2.10. The van der Waals surface area contributed by atoms with Crippen molar-refractivity contribution < 1.29 is 14.2 Å². The van der Waals surface area contributed by atoms with Crippen molar-refractivity contribution in [2.45, 2.75) is 19.1 Å². The summed E-state index contributed by atoms with van der Waals surface area (Å²) in [5.74, 6) is 0. The van der Waals surface area contributed by atoms with Gasteiger partial charge < -0.3 is 19.9 Å². The second-order valence-corrected chi connectivity index (χ2v) is 4.17. The molecule has 1 heterocycles. The number of morpholine rings is 1. The summed E-state index contributed by atoms with van der Waals surface area (Å²) in [6.45, 7) is 7.55. The van der Waals surface area contributed by atoms with Crippen LogP contribution >= 0.6 is 0 Å². The van der Waals surface area contributed by atoms with Crippen molar-refractivity contribution in [2.75, 3.05) is 53.1 Å². The Morgan fingerprint density at radius 3 is 2.81 bits per heavy atom. The van der Waals surface area contributed by atoms with E-state index in [0.717, 1.165) is 26.2 Å². The highest BCUT2D eigenvalue weighted by Gasteiger charge is 2.23. The van der Waals surface area contributed by atoms with Crippen molar-refractivity contribution in [2.24, 2.45) is 5.73 Å². The van der Waals surface area contributed by atoms with Crippen molar-refractivity contribution in [3.63, 3.8) is 0 Å². The molecular weight excluding hydrogens is 208 g/mol. The first kappa shape index (κ1) is 13.9. The summed E-state index contributed by atoms with van der Waals surface area (Å²) < 4.78 is 16.0. The maximum atomic E-state index is 5.68. The Kier molecular flexibility index (Phi) is 6.91. The van der Waals surface area contributed by atoms with Gasteiger partial charge in [-0.15, -0.1) is 0 Å². The lowest BCUT2D eigenvalue weighted by molar-refractivity contribution is -0.0775. The first-order valence-electron chi connectivity index (χ1n) is 5.90. The molecule has 5 heteroatoms. The number of hydrogen-bond acceptors (Lipinski definition) is 5. The second-order valence-electron chi connectivity index (χ2n) is 4.17. The van der Waals surface area contributed by atoms with E-state index in [1.807, 2.05) is 0 Å². The maximum Gasteiger partial charge on any atom is 0.0828 e. The zero-order chi connectivity index (χ0) is 11.8. The molecule has 1 saturated heterocycles. The summed E-state index contributed by atoms with van der Waals surface area (Å²) in [5, 5.41) is 0. The van der Waals surface area contributed by atoms with Crippen molar-refractivity contribution in [3.8, 4) is 0 Å². The highest BCUT2D eigenvalue weighted by molar-refractivity contribution is 4.75. The van der Waals surface area contributed by atoms with Crippen LogP contribution in [-0.2, 0) is 14.2 Å². The minimum absolute atomic E-state index is 0.169. The van der Waals surface area contributed by atoms with Crippen molar-refractivity contribution in [1.82, 2.24) is 4.90 Å². The predicted octanol–water partition coefficient (Wildman–Crippen LogP) is -0.303. The molecule has 16 heavy (non-hydrogen) atoms. The van der Waals surface area contributed by atoms with E-state index < -0.39 is 0 Å². The molecule has 1 fully saturated rings. The van der Waals surface area contributed by atoms with E-state index in [9.17, 15) is 0 Å². The minimum atomic E-state index is 0.169. The molecule has 2 unspecified atom stereocenters. The number of ether oxygens (including phenoxy) is 3. The van der Waals surface area contributed by atoms with Crippen LogP contribution in [0.1, 0.15) is 6.92 Å².